The lowest BCUT2D eigenvalue weighted by Crippen LogP contribution is -2.15. The predicted octanol–water partition coefficient (Wildman–Crippen LogP) is 2.58. The fourth-order valence-corrected chi connectivity index (χ4v) is 3.55. The van der Waals surface area contributed by atoms with Gasteiger partial charge in [-0.05, 0) is 65.4 Å². The van der Waals surface area contributed by atoms with Gasteiger partial charge in [0, 0.05) is 3.57 Å². The first-order valence-electron chi connectivity index (χ1n) is 5.82. The number of aryl methyl sites for hydroxylation is 1. The Morgan fingerprint density at radius 2 is 1.90 bits per heavy atom. The Morgan fingerprint density at radius 3 is 2.65 bits per heavy atom. The highest BCUT2D eigenvalue weighted by Gasteiger charge is 2.21. The SMILES string of the molecule is Cc1cc(S(=O)(=O)n2nnc3ccccc32)ccc1I. The smallest absolute Gasteiger partial charge is 0.199 e. The summed E-state index contributed by atoms with van der Waals surface area (Å²) in [5, 5.41) is 7.66. The average Bonchev–Trinajstić information content (AvgIpc) is 2.86. The first-order chi connectivity index (χ1) is 9.50. The summed E-state index contributed by atoms with van der Waals surface area (Å²) in [4.78, 5) is 0.214. The Bertz CT molecular complexity index is 903. The molecule has 0 atom stereocenters. The number of aromatic nitrogens is 3. The number of hydrogen-bond donors (Lipinski definition) is 0. The van der Waals surface area contributed by atoms with Crippen LogP contribution in [0.1, 0.15) is 5.56 Å². The molecule has 0 amide bonds. The van der Waals surface area contributed by atoms with Crippen molar-refractivity contribution in [2.45, 2.75) is 11.8 Å². The van der Waals surface area contributed by atoms with Crippen LogP contribution in [0.2, 0.25) is 0 Å². The molecule has 0 saturated heterocycles. The molecule has 1 heterocycles. The largest absolute Gasteiger partial charge is 0.284 e. The van der Waals surface area contributed by atoms with E-state index >= 15 is 0 Å². The van der Waals surface area contributed by atoms with Crippen LogP contribution in [0.5, 0.6) is 0 Å². The van der Waals surface area contributed by atoms with E-state index in [-0.39, 0.29) is 4.90 Å². The molecule has 0 fully saturated rings. The summed E-state index contributed by atoms with van der Waals surface area (Å²) < 4.78 is 27.3. The quantitative estimate of drug-likeness (QED) is 0.622. The maximum atomic E-state index is 12.6. The van der Waals surface area contributed by atoms with Crippen molar-refractivity contribution in [1.82, 2.24) is 14.4 Å². The lowest BCUT2D eigenvalue weighted by molar-refractivity contribution is 0.579. The van der Waals surface area contributed by atoms with Gasteiger partial charge >= 0.3 is 0 Å². The molecular formula is C13H10IN3O2S. The molecule has 7 heteroatoms. The highest BCUT2D eigenvalue weighted by molar-refractivity contribution is 14.1. The van der Waals surface area contributed by atoms with Gasteiger partial charge < -0.3 is 0 Å². The van der Waals surface area contributed by atoms with Crippen molar-refractivity contribution in [2.75, 3.05) is 0 Å². The normalized spacial score (nSPS) is 11.9. The number of halogens is 1. The molecular weight excluding hydrogens is 389 g/mol. The second kappa shape index (κ2) is 4.81. The number of hydrogen-bond acceptors (Lipinski definition) is 4. The Morgan fingerprint density at radius 1 is 1.15 bits per heavy atom. The highest BCUT2D eigenvalue weighted by atomic mass is 127. The van der Waals surface area contributed by atoms with Gasteiger partial charge in [0.05, 0.1) is 4.90 Å². The average molecular weight is 399 g/mol. The molecule has 102 valence electrons. The second-order valence-electron chi connectivity index (χ2n) is 4.34. The van der Waals surface area contributed by atoms with Crippen LogP contribution in [0.4, 0.5) is 0 Å². The molecule has 0 N–H and O–H groups in total. The third-order valence-electron chi connectivity index (χ3n) is 2.98. The minimum Gasteiger partial charge on any atom is -0.199 e. The van der Waals surface area contributed by atoms with Gasteiger partial charge in [-0.15, -0.1) is 9.19 Å². The van der Waals surface area contributed by atoms with Crippen LogP contribution in [0, 0.1) is 10.5 Å². The van der Waals surface area contributed by atoms with Crippen LogP contribution in [0.15, 0.2) is 47.4 Å². The van der Waals surface area contributed by atoms with Gasteiger partial charge in [-0.3, -0.25) is 0 Å². The molecule has 3 aromatic rings. The molecule has 2 aromatic carbocycles. The van der Waals surface area contributed by atoms with Crippen LogP contribution in [-0.2, 0) is 10.0 Å². The van der Waals surface area contributed by atoms with Gasteiger partial charge in [-0.1, -0.05) is 17.3 Å². The number of benzene rings is 2. The Hall–Kier alpha value is -1.48. The zero-order chi connectivity index (χ0) is 14.3. The van der Waals surface area contributed by atoms with E-state index in [0.717, 1.165) is 13.2 Å². The van der Waals surface area contributed by atoms with Crippen molar-refractivity contribution < 1.29 is 8.42 Å². The van der Waals surface area contributed by atoms with E-state index in [2.05, 4.69) is 32.9 Å². The van der Waals surface area contributed by atoms with Crippen molar-refractivity contribution in [1.29, 1.82) is 0 Å². The van der Waals surface area contributed by atoms with Crippen molar-refractivity contribution in [3.8, 4) is 0 Å². The van der Waals surface area contributed by atoms with Gasteiger partial charge in [0.15, 0.2) is 0 Å². The summed E-state index contributed by atoms with van der Waals surface area (Å²) in [6, 6.07) is 12.0. The topological polar surface area (TPSA) is 64.8 Å². The first kappa shape index (κ1) is 13.5. The van der Waals surface area contributed by atoms with Crippen LogP contribution in [-0.4, -0.2) is 22.8 Å². The number of para-hydroxylation sites is 1. The van der Waals surface area contributed by atoms with Crippen molar-refractivity contribution >= 4 is 43.6 Å². The van der Waals surface area contributed by atoms with Gasteiger partial charge in [0.1, 0.15) is 11.0 Å². The Kier molecular flexibility index (Phi) is 3.25. The monoisotopic (exact) mass is 399 g/mol. The van der Waals surface area contributed by atoms with Crippen LogP contribution in [0.3, 0.4) is 0 Å². The zero-order valence-electron chi connectivity index (χ0n) is 10.5. The molecule has 3 rings (SSSR count). The molecule has 0 bridgehead atoms. The van der Waals surface area contributed by atoms with Crippen LogP contribution in [0.25, 0.3) is 11.0 Å². The minimum absolute atomic E-state index is 0.214. The van der Waals surface area contributed by atoms with E-state index in [1.165, 1.54) is 0 Å². The molecule has 0 radical (unpaired) electrons. The molecule has 0 aliphatic carbocycles. The van der Waals surface area contributed by atoms with Crippen LogP contribution < -0.4 is 0 Å². The van der Waals surface area contributed by atoms with Gasteiger partial charge in [-0.25, -0.2) is 0 Å². The van der Waals surface area contributed by atoms with E-state index in [1.807, 2.05) is 6.92 Å². The summed E-state index contributed by atoms with van der Waals surface area (Å²) in [6.45, 7) is 1.88. The summed E-state index contributed by atoms with van der Waals surface area (Å²) in [6.07, 6.45) is 0. The van der Waals surface area contributed by atoms with E-state index < -0.39 is 10.0 Å². The maximum Gasteiger partial charge on any atom is 0.284 e. The minimum atomic E-state index is -3.72. The molecule has 20 heavy (non-hydrogen) atoms. The lowest BCUT2D eigenvalue weighted by atomic mass is 10.2. The van der Waals surface area contributed by atoms with E-state index in [4.69, 9.17) is 0 Å². The van der Waals surface area contributed by atoms with Crippen LogP contribution >= 0.6 is 22.6 Å². The third-order valence-corrected chi connectivity index (χ3v) is 5.76. The number of rotatable bonds is 2. The zero-order valence-corrected chi connectivity index (χ0v) is 13.5. The van der Waals surface area contributed by atoms with E-state index in [1.54, 1.807) is 42.5 Å². The van der Waals surface area contributed by atoms with E-state index in [9.17, 15) is 8.42 Å². The maximum absolute atomic E-state index is 12.6. The van der Waals surface area contributed by atoms with Crippen molar-refractivity contribution in [3.05, 3.63) is 51.6 Å². The first-order valence-corrected chi connectivity index (χ1v) is 8.34. The molecule has 0 spiro atoms. The fraction of sp³-hybridized carbons (Fsp3) is 0.0769. The molecule has 0 saturated carbocycles. The fourth-order valence-electron chi connectivity index (χ4n) is 1.90. The molecule has 5 nitrogen and oxygen atoms in total. The predicted molar refractivity (Wildman–Crippen MR) is 84.0 cm³/mol. The van der Waals surface area contributed by atoms with Crippen molar-refractivity contribution in [3.63, 3.8) is 0 Å². The van der Waals surface area contributed by atoms with Crippen molar-refractivity contribution in [2.24, 2.45) is 0 Å². The summed E-state index contributed by atoms with van der Waals surface area (Å²) in [5.74, 6) is 0. The van der Waals surface area contributed by atoms with Gasteiger partial charge in [0.25, 0.3) is 10.0 Å². The Labute approximate surface area is 129 Å². The molecule has 0 unspecified atom stereocenters. The third kappa shape index (κ3) is 2.10. The highest BCUT2D eigenvalue weighted by Crippen LogP contribution is 2.21. The van der Waals surface area contributed by atoms with Gasteiger partial charge in [-0.2, -0.15) is 8.42 Å². The summed E-state index contributed by atoms with van der Waals surface area (Å²) >= 11 is 2.17. The summed E-state index contributed by atoms with van der Waals surface area (Å²) in [5.41, 5.74) is 1.94. The molecule has 0 aliphatic heterocycles. The molecule has 0 aliphatic rings. The second-order valence-corrected chi connectivity index (χ2v) is 7.27. The summed E-state index contributed by atoms with van der Waals surface area (Å²) in [7, 11) is -3.72. The lowest BCUT2D eigenvalue weighted by Gasteiger charge is -2.06. The number of nitrogens with zero attached hydrogens (tertiary/aromatic N) is 3. The van der Waals surface area contributed by atoms with E-state index in [0.29, 0.717) is 11.0 Å². The van der Waals surface area contributed by atoms with Gasteiger partial charge in [0.2, 0.25) is 0 Å². The molecule has 1 aromatic heterocycles. The Balaban J connectivity index is 2.23. The number of fused-ring (bicyclic) bond motifs is 1. The standard InChI is InChI=1S/C13H10IN3O2S/c1-9-8-10(6-7-11(9)14)20(18,19)17-13-5-3-2-4-12(13)15-16-17/h2-8H,1H3.